The minimum absolute atomic E-state index is 0.113. The number of methoxy groups -OCH3 is 2. The summed E-state index contributed by atoms with van der Waals surface area (Å²) < 4.78 is 66.7. The van der Waals surface area contributed by atoms with Crippen molar-refractivity contribution in [1.82, 2.24) is 80.7 Å². The lowest BCUT2D eigenvalue weighted by Gasteiger charge is -2.12. The summed E-state index contributed by atoms with van der Waals surface area (Å²) in [5, 5.41) is 47.7. The highest BCUT2D eigenvalue weighted by molar-refractivity contribution is 6.02. The molecule has 0 saturated heterocycles. The molecule has 8 heterocycles. The number of aromatic amines is 4. The Morgan fingerprint density at radius 1 is 0.280 bits per heavy atom. The van der Waals surface area contributed by atoms with Crippen LogP contribution >= 0.6 is 0 Å². The average Bonchev–Trinajstić information content (AvgIpc) is 1.26. The smallest absolute Gasteiger partial charge is 0.165 e. The molecule has 2 aliphatic rings. The van der Waals surface area contributed by atoms with Crippen molar-refractivity contribution in [3.63, 3.8) is 0 Å². The highest BCUT2D eigenvalue weighted by Gasteiger charge is 2.30. The zero-order valence-corrected chi connectivity index (χ0v) is 63.1. The largest absolute Gasteiger partial charge is 0.496 e. The summed E-state index contributed by atoms with van der Waals surface area (Å²) in [6, 6.07) is 83.2. The number of benzene rings is 12. The van der Waals surface area contributed by atoms with Gasteiger partial charge in [-0.3, -0.25) is 20.4 Å². The Morgan fingerprint density at radius 3 is 0.907 bits per heavy atom. The number of rotatable bonds is 16. The van der Waals surface area contributed by atoms with E-state index in [1.165, 1.54) is 48.9 Å². The van der Waals surface area contributed by atoms with E-state index in [2.05, 4.69) is 102 Å². The lowest BCUT2D eigenvalue weighted by molar-refractivity contribution is 0.416. The van der Waals surface area contributed by atoms with Crippen molar-refractivity contribution in [2.75, 3.05) is 35.5 Å². The molecule has 22 nitrogen and oxygen atoms in total. The van der Waals surface area contributed by atoms with Gasteiger partial charge in [-0.05, 0) is 158 Å². The van der Waals surface area contributed by atoms with Crippen molar-refractivity contribution in [2.45, 2.75) is 37.5 Å². The molecule has 20 aromatic rings. The zero-order valence-electron chi connectivity index (χ0n) is 63.1. The number of para-hydroxylation sites is 8. The second kappa shape index (κ2) is 31.4. The van der Waals surface area contributed by atoms with Crippen molar-refractivity contribution >= 4 is 134 Å². The minimum Gasteiger partial charge on any atom is -0.496 e. The first-order chi connectivity index (χ1) is 58.0. The Hall–Kier alpha value is -15.6. The molecule has 26 heteroatoms. The second-order valence-electron chi connectivity index (χ2n) is 28.3. The standard InChI is InChI=1S/C24H17F2N5.C24H19N5.C22H15F2N5O.C22H17N5O/c25-14-11-18-21(19(26)12-14)30-31-24(18)29-23-17-7-3-4-8-20(17)27-22(28-23)16-6-2-1-5-15(16)13-9-10-13;1-2-8-17(16(7-1)15-13-14-15)22-25-20-11-5-3-9-18(20)23(26-22)27-24-19-10-4-6-12-21(19)28-29-24;1-30-18-9-5-3-7-14(18)21-25-17-8-4-2-6-13(17)20(26-21)27-22-15-10-12(23)11-16(24)19(15)28-29-22;1-28-19-13-7-4-10-16(19)21-23-17-11-5-2-8-14(17)20(24-21)25-22-15-9-3-6-12-18(15)26-27-22/h1-8,11-13H,9-10H2,(H2,27,28,29,30,31);1-12,15H,13-14H2,(H2,25,26,27,28,29);2-11H,1H3,(H2,25,26,27,28,29);2-13H,1H3,(H2,23,24,25,26,27). The number of anilines is 8. The molecule has 0 bridgehead atoms. The number of H-pyrrole nitrogens is 4. The van der Waals surface area contributed by atoms with E-state index in [4.69, 9.17) is 39.4 Å². The van der Waals surface area contributed by atoms with Crippen molar-refractivity contribution in [3.05, 3.63) is 301 Å². The van der Waals surface area contributed by atoms with Gasteiger partial charge in [-0.25, -0.2) is 57.4 Å². The summed E-state index contributed by atoms with van der Waals surface area (Å²) in [5.41, 5.74) is 11.7. The van der Waals surface area contributed by atoms with E-state index in [9.17, 15) is 17.6 Å². The Labute approximate surface area is 669 Å². The Kier molecular flexibility index (Phi) is 19.3. The van der Waals surface area contributed by atoms with Crippen LogP contribution < -0.4 is 30.7 Å². The minimum atomic E-state index is -0.715. The molecule has 2 fully saturated rings. The number of aromatic nitrogens is 16. The summed E-state index contributed by atoms with van der Waals surface area (Å²) in [5.74, 6) is 6.72. The van der Waals surface area contributed by atoms with Crippen molar-refractivity contribution in [3.8, 4) is 57.1 Å². The first kappa shape index (κ1) is 72.6. The van der Waals surface area contributed by atoms with Gasteiger partial charge in [0.1, 0.15) is 57.4 Å². The number of nitrogens with one attached hydrogen (secondary N) is 8. The average molecular weight is 1560 g/mol. The van der Waals surface area contributed by atoms with E-state index < -0.39 is 23.3 Å². The molecule has 0 radical (unpaired) electrons. The molecule has 2 saturated carbocycles. The number of hydrogen-bond donors (Lipinski definition) is 8. The van der Waals surface area contributed by atoms with Crippen LogP contribution in [-0.2, 0) is 0 Å². The molecule has 0 aliphatic heterocycles. The van der Waals surface area contributed by atoms with Gasteiger partial charge >= 0.3 is 0 Å². The van der Waals surface area contributed by atoms with Gasteiger partial charge in [0.15, 0.2) is 58.2 Å². The molecular weight excluding hydrogens is 1490 g/mol. The Bertz CT molecular complexity index is 7210. The maximum atomic E-state index is 14.1. The topological polar surface area (TPSA) is 284 Å². The molecule has 118 heavy (non-hydrogen) atoms. The SMILES string of the molecule is COc1ccccc1-c1nc(Nc2n[nH]c3c(F)cc(F)cc23)c2ccccc2n1.COc1ccccc1-c1nc(Nc2n[nH]c3ccccc23)c2ccccc2n1.Fc1cc(F)c2[nH]nc(Nc3nc(-c4ccccc4C4CC4)nc4ccccc34)c2c1.c1ccc(C2CC2)c(-c2nc(Nc3n[nH]c4ccccc34)c3ccccc3n2)c1. The van der Waals surface area contributed by atoms with Crippen LogP contribution in [0.25, 0.3) is 133 Å². The van der Waals surface area contributed by atoms with E-state index >= 15 is 0 Å². The van der Waals surface area contributed by atoms with E-state index in [0.717, 1.165) is 123 Å². The lowest BCUT2D eigenvalue weighted by atomic mass is 10.0. The van der Waals surface area contributed by atoms with E-state index in [0.29, 0.717) is 69.2 Å². The molecule has 576 valence electrons. The predicted molar refractivity (Wildman–Crippen MR) is 454 cm³/mol. The van der Waals surface area contributed by atoms with Gasteiger partial charge in [-0.15, -0.1) is 0 Å². The van der Waals surface area contributed by atoms with Crippen LogP contribution in [-0.4, -0.2) is 94.9 Å². The number of halogens is 4. The second-order valence-corrected chi connectivity index (χ2v) is 28.3. The van der Waals surface area contributed by atoms with Crippen molar-refractivity contribution in [2.24, 2.45) is 0 Å². The molecule has 2 aliphatic carbocycles. The summed E-state index contributed by atoms with van der Waals surface area (Å²) in [7, 11) is 3.23. The third-order valence-electron chi connectivity index (χ3n) is 20.6. The van der Waals surface area contributed by atoms with Gasteiger partial charge < -0.3 is 30.7 Å². The van der Waals surface area contributed by atoms with Gasteiger partial charge in [0.25, 0.3) is 0 Å². The van der Waals surface area contributed by atoms with Gasteiger partial charge in [0.05, 0.1) is 69.2 Å². The molecule has 8 N–H and O–H groups in total. The first-order valence-corrected chi connectivity index (χ1v) is 38.1. The van der Waals surface area contributed by atoms with Gasteiger partial charge in [0, 0.05) is 55.6 Å². The molecular formula is C92H68F4N20O2. The van der Waals surface area contributed by atoms with Crippen LogP contribution in [0.5, 0.6) is 11.5 Å². The summed E-state index contributed by atoms with van der Waals surface area (Å²) in [6.07, 6.45) is 4.84. The zero-order chi connectivity index (χ0) is 79.7. The Balaban J connectivity index is 0.000000105. The normalized spacial score (nSPS) is 12.5. The summed E-state index contributed by atoms with van der Waals surface area (Å²) in [6.45, 7) is 0. The maximum Gasteiger partial charge on any atom is 0.165 e. The monoisotopic (exact) mass is 1560 g/mol. The van der Waals surface area contributed by atoms with Gasteiger partial charge in [0.2, 0.25) is 0 Å². The third-order valence-corrected chi connectivity index (χ3v) is 20.6. The highest BCUT2D eigenvalue weighted by atomic mass is 19.1. The van der Waals surface area contributed by atoms with Crippen LogP contribution in [0.15, 0.2) is 267 Å². The molecule has 8 aromatic heterocycles. The lowest BCUT2D eigenvalue weighted by Crippen LogP contribution is -2.01. The molecule has 0 amide bonds. The predicted octanol–water partition coefficient (Wildman–Crippen LogP) is 22.0. The fourth-order valence-electron chi connectivity index (χ4n) is 14.6. The van der Waals surface area contributed by atoms with Crippen LogP contribution in [0.4, 0.5) is 64.1 Å². The van der Waals surface area contributed by atoms with Crippen molar-refractivity contribution in [1.29, 1.82) is 0 Å². The van der Waals surface area contributed by atoms with Gasteiger partial charge in [-0.1, -0.05) is 146 Å². The summed E-state index contributed by atoms with van der Waals surface area (Å²) >= 11 is 0. The molecule has 12 aromatic carbocycles. The van der Waals surface area contributed by atoms with Gasteiger partial charge in [-0.2, -0.15) is 20.4 Å². The van der Waals surface area contributed by atoms with Crippen molar-refractivity contribution < 1.29 is 27.0 Å². The van der Waals surface area contributed by atoms with Crippen LogP contribution in [0.2, 0.25) is 0 Å². The van der Waals surface area contributed by atoms with E-state index in [1.807, 2.05) is 212 Å². The van der Waals surface area contributed by atoms with Crippen LogP contribution in [0.1, 0.15) is 48.6 Å². The molecule has 0 unspecified atom stereocenters. The number of fused-ring (bicyclic) bond motifs is 8. The quantitative estimate of drug-likeness (QED) is 0.0417. The number of ether oxygens (including phenoxy) is 2. The summed E-state index contributed by atoms with van der Waals surface area (Å²) in [4.78, 5) is 38.3. The molecule has 22 rings (SSSR count). The third kappa shape index (κ3) is 14.6. The Morgan fingerprint density at radius 2 is 0.559 bits per heavy atom. The fourth-order valence-corrected chi connectivity index (χ4v) is 14.6. The fraction of sp³-hybridized carbons (Fsp3) is 0.0870. The first-order valence-electron chi connectivity index (χ1n) is 38.1. The van der Waals surface area contributed by atoms with Crippen LogP contribution in [0.3, 0.4) is 0 Å². The highest BCUT2D eigenvalue weighted by Crippen LogP contribution is 2.47. The molecule has 0 atom stereocenters. The number of hydrogen-bond acceptors (Lipinski definition) is 18. The maximum absolute atomic E-state index is 14.1. The number of nitrogens with zero attached hydrogens (tertiary/aromatic N) is 12. The molecule has 0 spiro atoms. The van der Waals surface area contributed by atoms with E-state index in [-0.39, 0.29) is 22.2 Å². The van der Waals surface area contributed by atoms with E-state index in [1.54, 1.807) is 14.2 Å². The van der Waals surface area contributed by atoms with Crippen LogP contribution in [0, 0.1) is 23.3 Å².